The van der Waals surface area contributed by atoms with Gasteiger partial charge in [0.05, 0.1) is 36.9 Å². The SMILES string of the molecule is COc1ccc(CO[C@@H](c2cnc3nc(/N=C/N(C)C)n(CCc4ccc([N+](=O)[O-])cc4)c(=O)c3n2)[C@H](C)OC(C)=O)cc1. The topological polar surface area (TPSA) is 164 Å². The number of nitrogens with zero attached hydrogens (tertiary/aromatic N) is 7. The van der Waals surface area contributed by atoms with Gasteiger partial charge in [0.15, 0.2) is 11.2 Å². The number of aryl methyl sites for hydroxylation is 1. The molecule has 2 aromatic heterocycles. The van der Waals surface area contributed by atoms with Crippen LogP contribution in [-0.4, -0.2) is 69.0 Å². The Morgan fingerprint density at radius 1 is 1.11 bits per heavy atom. The van der Waals surface area contributed by atoms with Gasteiger partial charge in [0.25, 0.3) is 11.2 Å². The Morgan fingerprint density at radius 2 is 1.80 bits per heavy atom. The highest BCUT2D eigenvalue weighted by atomic mass is 16.6. The molecule has 230 valence electrons. The van der Waals surface area contributed by atoms with Crippen LogP contribution in [0.3, 0.4) is 0 Å². The Kier molecular flexibility index (Phi) is 10.3. The number of hydrogen-bond acceptors (Lipinski definition) is 11. The summed E-state index contributed by atoms with van der Waals surface area (Å²) in [4.78, 5) is 55.7. The number of hydrogen-bond donors (Lipinski definition) is 0. The van der Waals surface area contributed by atoms with E-state index in [0.29, 0.717) is 12.2 Å². The van der Waals surface area contributed by atoms with Crippen molar-refractivity contribution < 1.29 is 23.9 Å². The molecule has 14 heteroatoms. The summed E-state index contributed by atoms with van der Waals surface area (Å²) < 4.78 is 18.2. The first-order valence-electron chi connectivity index (χ1n) is 13.7. The second-order valence-corrected chi connectivity index (χ2v) is 10.1. The highest BCUT2D eigenvalue weighted by Gasteiger charge is 2.26. The van der Waals surface area contributed by atoms with Crippen LogP contribution < -0.4 is 10.3 Å². The van der Waals surface area contributed by atoms with E-state index in [4.69, 9.17) is 14.2 Å². The second kappa shape index (κ2) is 14.3. The van der Waals surface area contributed by atoms with Crippen molar-refractivity contribution in [1.82, 2.24) is 24.4 Å². The first-order valence-corrected chi connectivity index (χ1v) is 13.7. The maximum absolute atomic E-state index is 13.8. The molecule has 2 aromatic carbocycles. The van der Waals surface area contributed by atoms with Crippen molar-refractivity contribution in [2.45, 2.75) is 45.6 Å². The van der Waals surface area contributed by atoms with E-state index in [9.17, 15) is 19.7 Å². The van der Waals surface area contributed by atoms with Gasteiger partial charge in [-0.25, -0.2) is 15.0 Å². The number of nitro groups is 1. The van der Waals surface area contributed by atoms with E-state index in [0.717, 1.165) is 11.1 Å². The van der Waals surface area contributed by atoms with Crippen LogP contribution in [-0.2, 0) is 33.8 Å². The Hall–Kier alpha value is -5.24. The first kappa shape index (κ1) is 31.7. The van der Waals surface area contributed by atoms with Crippen LogP contribution in [0.4, 0.5) is 11.6 Å². The molecule has 0 saturated carbocycles. The third-order valence-electron chi connectivity index (χ3n) is 6.50. The van der Waals surface area contributed by atoms with Crippen LogP contribution in [0.1, 0.15) is 36.8 Å². The molecular weight excluding hydrogens is 570 g/mol. The van der Waals surface area contributed by atoms with Crippen LogP contribution in [0, 0.1) is 10.1 Å². The minimum absolute atomic E-state index is 0.0110. The van der Waals surface area contributed by atoms with Gasteiger partial charge in [-0.05, 0) is 36.6 Å². The number of aromatic nitrogens is 4. The molecule has 0 bridgehead atoms. The van der Waals surface area contributed by atoms with Crippen molar-refractivity contribution in [2.75, 3.05) is 21.2 Å². The molecule has 0 aliphatic rings. The lowest BCUT2D eigenvalue weighted by Crippen LogP contribution is -2.27. The predicted molar refractivity (Wildman–Crippen MR) is 162 cm³/mol. The average molecular weight is 604 g/mol. The van der Waals surface area contributed by atoms with Crippen molar-refractivity contribution in [2.24, 2.45) is 4.99 Å². The second-order valence-electron chi connectivity index (χ2n) is 10.1. The van der Waals surface area contributed by atoms with Crippen molar-refractivity contribution in [3.63, 3.8) is 0 Å². The highest BCUT2D eigenvalue weighted by Crippen LogP contribution is 2.25. The van der Waals surface area contributed by atoms with E-state index >= 15 is 0 Å². The molecule has 0 aliphatic carbocycles. The minimum Gasteiger partial charge on any atom is -0.497 e. The number of methoxy groups -OCH3 is 1. The van der Waals surface area contributed by atoms with Crippen LogP contribution in [0.25, 0.3) is 11.2 Å². The number of nitro benzene ring substituents is 1. The number of ether oxygens (including phenoxy) is 3. The zero-order valence-corrected chi connectivity index (χ0v) is 25.0. The molecule has 4 aromatic rings. The third-order valence-corrected chi connectivity index (χ3v) is 6.50. The number of esters is 1. The quantitative estimate of drug-likeness (QED) is 0.0718. The van der Waals surface area contributed by atoms with Gasteiger partial charge in [0.1, 0.15) is 18.0 Å². The molecule has 0 fully saturated rings. The van der Waals surface area contributed by atoms with Gasteiger partial charge in [-0.2, -0.15) is 4.98 Å². The average Bonchev–Trinajstić information content (AvgIpc) is 3.00. The van der Waals surface area contributed by atoms with Crippen LogP contribution >= 0.6 is 0 Å². The van der Waals surface area contributed by atoms with Gasteiger partial charge < -0.3 is 19.1 Å². The van der Waals surface area contributed by atoms with E-state index < -0.39 is 28.7 Å². The number of rotatable bonds is 13. The Labute approximate surface area is 253 Å². The normalized spacial score (nSPS) is 12.7. The number of fused-ring (bicyclic) bond motifs is 1. The maximum Gasteiger partial charge on any atom is 0.302 e. The summed E-state index contributed by atoms with van der Waals surface area (Å²) in [6.45, 7) is 3.31. The molecule has 0 spiro atoms. The van der Waals surface area contributed by atoms with Gasteiger partial charge in [0, 0.05) is 39.7 Å². The summed E-state index contributed by atoms with van der Waals surface area (Å²) in [5.41, 5.74) is 1.49. The zero-order valence-electron chi connectivity index (χ0n) is 25.0. The van der Waals surface area contributed by atoms with E-state index in [2.05, 4.69) is 19.9 Å². The highest BCUT2D eigenvalue weighted by molar-refractivity contribution is 5.70. The van der Waals surface area contributed by atoms with Crippen molar-refractivity contribution in [1.29, 1.82) is 0 Å². The summed E-state index contributed by atoms with van der Waals surface area (Å²) in [5, 5.41) is 11.0. The minimum atomic E-state index is -0.850. The monoisotopic (exact) mass is 603 g/mol. The first-order chi connectivity index (χ1) is 21.0. The summed E-state index contributed by atoms with van der Waals surface area (Å²) in [6.07, 6.45) is 1.73. The Balaban J connectivity index is 1.71. The molecule has 0 N–H and O–H groups in total. The smallest absolute Gasteiger partial charge is 0.302 e. The number of benzene rings is 2. The molecular formula is C30H33N7O7. The Morgan fingerprint density at radius 3 is 2.41 bits per heavy atom. The molecule has 0 unspecified atom stereocenters. The molecule has 2 heterocycles. The molecule has 0 saturated heterocycles. The molecule has 44 heavy (non-hydrogen) atoms. The van der Waals surface area contributed by atoms with Gasteiger partial charge in [-0.3, -0.25) is 24.3 Å². The Bertz CT molecular complexity index is 1700. The molecule has 4 rings (SSSR count). The van der Waals surface area contributed by atoms with E-state index in [1.54, 1.807) is 57.3 Å². The van der Waals surface area contributed by atoms with Gasteiger partial charge in [-0.1, -0.05) is 24.3 Å². The van der Waals surface area contributed by atoms with Gasteiger partial charge in [-0.15, -0.1) is 0 Å². The van der Waals surface area contributed by atoms with Gasteiger partial charge in [0.2, 0.25) is 5.95 Å². The number of carbonyl (C=O) groups is 1. The molecule has 0 aliphatic heterocycles. The number of aliphatic imine (C=N–C) groups is 1. The van der Waals surface area contributed by atoms with Crippen molar-refractivity contribution in [3.05, 3.63) is 92.0 Å². The largest absolute Gasteiger partial charge is 0.497 e. The van der Waals surface area contributed by atoms with E-state index in [-0.39, 0.29) is 41.6 Å². The fourth-order valence-electron chi connectivity index (χ4n) is 4.32. The summed E-state index contributed by atoms with van der Waals surface area (Å²) in [6, 6.07) is 13.4. The lowest BCUT2D eigenvalue weighted by atomic mass is 10.1. The van der Waals surface area contributed by atoms with Crippen LogP contribution in [0.15, 0.2) is 64.5 Å². The van der Waals surface area contributed by atoms with E-state index in [1.807, 2.05) is 12.1 Å². The number of carbonyl (C=O) groups excluding carboxylic acids is 1. The van der Waals surface area contributed by atoms with Crippen LogP contribution in [0.2, 0.25) is 0 Å². The molecule has 2 atom stereocenters. The summed E-state index contributed by atoms with van der Waals surface area (Å²) >= 11 is 0. The predicted octanol–water partition coefficient (Wildman–Crippen LogP) is 3.78. The fourth-order valence-corrected chi connectivity index (χ4v) is 4.32. The van der Waals surface area contributed by atoms with E-state index in [1.165, 1.54) is 36.2 Å². The third kappa shape index (κ3) is 7.98. The fraction of sp³-hybridized carbons (Fsp3) is 0.333. The van der Waals surface area contributed by atoms with Crippen molar-refractivity contribution in [3.8, 4) is 5.75 Å². The lowest BCUT2D eigenvalue weighted by Gasteiger charge is -2.23. The molecule has 0 amide bonds. The summed E-state index contributed by atoms with van der Waals surface area (Å²) in [7, 11) is 5.15. The molecule has 0 radical (unpaired) electrons. The summed E-state index contributed by atoms with van der Waals surface area (Å²) in [5.74, 6) is 0.328. The van der Waals surface area contributed by atoms with Crippen molar-refractivity contribution >= 4 is 35.1 Å². The zero-order chi connectivity index (χ0) is 31.8. The number of non-ortho nitro benzene ring substituents is 1. The molecule has 14 nitrogen and oxygen atoms in total. The van der Waals surface area contributed by atoms with Gasteiger partial charge >= 0.3 is 5.97 Å². The maximum atomic E-state index is 13.8. The van der Waals surface area contributed by atoms with Crippen LogP contribution in [0.5, 0.6) is 5.75 Å². The standard InChI is InChI=1S/C30H33N7O7/c1-19(44-20(2)38)27(43-17-22-8-12-24(42-5)13-9-22)25-16-31-28-26(33-25)29(39)36(30(34-28)32-18-35(3)4)15-14-21-6-10-23(11-7-21)37(40)41/h6-13,16,18-19,27H,14-15,17H2,1-5H3/b32-18+/t19-,27+/m0/s1. The lowest BCUT2D eigenvalue weighted by molar-refractivity contribution is -0.384.